The van der Waals surface area contributed by atoms with Crippen molar-refractivity contribution in [3.05, 3.63) is 89.5 Å². The predicted octanol–water partition coefficient (Wildman–Crippen LogP) is 4.16. The first-order chi connectivity index (χ1) is 12.7. The van der Waals surface area contributed by atoms with E-state index in [4.69, 9.17) is 4.74 Å². The van der Waals surface area contributed by atoms with E-state index in [2.05, 4.69) is 11.4 Å². The van der Waals surface area contributed by atoms with Gasteiger partial charge in [0, 0.05) is 17.7 Å². The standard InChI is InChI=1S/C22H18N2O2/c1-26-18-12-10-16(11-13-18)15-24-22(25)21-9-5-4-8-20(21)19-7-3-2-6-17(19)14-23/h2-13H,15H2,1H3,(H,24,25). The highest BCUT2D eigenvalue weighted by Gasteiger charge is 2.14. The van der Waals surface area contributed by atoms with E-state index in [-0.39, 0.29) is 5.91 Å². The highest BCUT2D eigenvalue weighted by Crippen LogP contribution is 2.26. The highest BCUT2D eigenvalue weighted by molar-refractivity contribution is 6.01. The molecule has 1 N–H and O–H groups in total. The molecule has 128 valence electrons. The van der Waals surface area contributed by atoms with Gasteiger partial charge in [0.05, 0.1) is 18.7 Å². The molecule has 3 aromatic carbocycles. The minimum atomic E-state index is -0.177. The average Bonchev–Trinajstić information content (AvgIpc) is 2.72. The Kier molecular flexibility index (Phi) is 5.31. The predicted molar refractivity (Wildman–Crippen MR) is 101 cm³/mol. The summed E-state index contributed by atoms with van der Waals surface area (Å²) < 4.78 is 5.14. The lowest BCUT2D eigenvalue weighted by atomic mass is 9.95. The molecule has 0 heterocycles. The SMILES string of the molecule is COc1ccc(CNC(=O)c2ccccc2-c2ccccc2C#N)cc1. The number of nitrogens with one attached hydrogen (secondary N) is 1. The molecule has 3 aromatic rings. The first-order valence-electron chi connectivity index (χ1n) is 8.22. The molecule has 0 bridgehead atoms. The minimum absolute atomic E-state index is 0.177. The number of rotatable bonds is 5. The lowest BCUT2D eigenvalue weighted by molar-refractivity contribution is 0.0951. The third kappa shape index (κ3) is 3.73. The summed E-state index contributed by atoms with van der Waals surface area (Å²) in [5.41, 5.74) is 3.57. The first-order valence-corrected chi connectivity index (χ1v) is 8.22. The monoisotopic (exact) mass is 342 g/mol. The summed E-state index contributed by atoms with van der Waals surface area (Å²) in [5.74, 6) is 0.600. The van der Waals surface area contributed by atoms with E-state index < -0.39 is 0 Å². The number of hydrogen-bond donors (Lipinski definition) is 1. The lowest BCUT2D eigenvalue weighted by Gasteiger charge is -2.12. The van der Waals surface area contributed by atoms with Gasteiger partial charge in [-0.2, -0.15) is 5.26 Å². The molecule has 3 rings (SSSR count). The van der Waals surface area contributed by atoms with Crippen molar-refractivity contribution in [3.63, 3.8) is 0 Å². The number of hydrogen-bond acceptors (Lipinski definition) is 3. The van der Waals surface area contributed by atoms with Crippen molar-refractivity contribution in [1.29, 1.82) is 5.26 Å². The van der Waals surface area contributed by atoms with Crippen molar-refractivity contribution in [3.8, 4) is 22.9 Å². The van der Waals surface area contributed by atoms with Crippen LogP contribution in [0.4, 0.5) is 0 Å². The number of ether oxygens (including phenoxy) is 1. The Bertz CT molecular complexity index is 956. The molecular formula is C22H18N2O2. The summed E-state index contributed by atoms with van der Waals surface area (Å²) >= 11 is 0. The molecular weight excluding hydrogens is 324 g/mol. The normalized spacial score (nSPS) is 10.0. The van der Waals surface area contributed by atoms with Crippen LogP contribution in [0.3, 0.4) is 0 Å². The van der Waals surface area contributed by atoms with Gasteiger partial charge < -0.3 is 10.1 Å². The van der Waals surface area contributed by atoms with Gasteiger partial charge in [-0.05, 0) is 35.4 Å². The number of nitrogens with zero attached hydrogens (tertiary/aromatic N) is 1. The maximum atomic E-state index is 12.7. The lowest BCUT2D eigenvalue weighted by Crippen LogP contribution is -2.23. The van der Waals surface area contributed by atoms with Gasteiger partial charge in [0.2, 0.25) is 0 Å². The van der Waals surface area contributed by atoms with Gasteiger partial charge in [0.15, 0.2) is 0 Å². The first kappa shape index (κ1) is 17.2. The van der Waals surface area contributed by atoms with Gasteiger partial charge in [-0.3, -0.25) is 4.79 Å². The number of carbonyl (C=O) groups is 1. The van der Waals surface area contributed by atoms with Crippen LogP contribution in [0, 0.1) is 11.3 Å². The zero-order valence-corrected chi connectivity index (χ0v) is 14.4. The fourth-order valence-electron chi connectivity index (χ4n) is 2.75. The minimum Gasteiger partial charge on any atom is -0.497 e. The molecule has 4 heteroatoms. The van der Waals surface area contributed by atoms with Crippen molar-refractivity contribution in [2.45, 2.75) is 6.54 Å². The topological polar surface area (TPSA) is 62.1 Å². The Morgan fingerprint density at radius 1 is 0.962 bits per heavy atom. The number of benzene rings is 3. The highest BCUT2D eigenvalue weighted by atomic mass is 16.5. The molecule has 0 unspecified atom stereocenters. The van der Waals surface area contributed by atoms with Crippen LogP contribution in [0.1, 0.15) is 21.5 Å². The van der Waals surface area contributed by atoms with E-state index in [1.165, 1.54) is 0 Å². The summed E-state index contributed by atoms with van der Waals surface area (Å²) in [4.78, 5) is 12.7. The molecule has 0 aliphatic heterocycles. The van der Waals surface area contributed by atoms with E-state index in [1.54, 1.807) is 19.2 Å². The average molecular weight is 342 g/mol. The second-order valence-electron chi connectivity index (χ2n) is 5.73. The van der Waals surface area contributed by atoms with Gasteiger partial charge in [-0.25, -0.2) is 0 Å². The van der Waals surface area contributed by atoms with Crippen LogP contribution in [0.15, 0.2) is 72.8 Å². The van der Waals surface area contributed by atoms with Crippen molar-refractivity contribution in [2.24, 2.45) is 0 Å². The van der Waals surface area contributed by atoms with Crippen molar-refractivity contribution in [1.82, 2.24) is 5.32 Å². The Hall–Kier alpha value is -3.58. The Morgan fingerprint density at radius 3 is 2.31 bits per heavy atom. The molecule has 0 saturated carbocycles. The molecule has 0 saturated heterocycles. The van der Waals surface area contributed by atoms with Crippen LogP contribution in [0.25, 0.3) is 11.1 Å². The van der Waals surface area contributed by atoms with Crippen LogP contribution < -0.4 is 10.1 Å². The van der Waals surface area contributed by atoms with E-state index in [0.29, 0.717) is 17.7 Å². The fourth-order valence-corrected chi connectivity index (χ4v) is 2.75. The van der Waals surface area contributed by atoms with Crippen LogP contribution >= 0.6 is 0 Å². The van der Waals surface area contributed by atoms with Crippen LogP contribution in [-0.2, 0) is 6.54 Å². The largest absolute Gasteiger partial charge is 0.497 e. The third-order valence-corrected chi connectivity index (χ3v) is 4.12. The molecule has 1 amide bonds. The van der Waals surface area contributed by atoms with Gasteiger partial charge >= 0.3 is 0 Å². The van der Waals surface area contributed by atoms with Crippen molar-refractivity contribution in [2.75, 3.05) is 7.11 Å². The molecule has 0 spiro atoms. The number of nitriles is 1. The molecule has 26 heavy (non-hydrogen) atoms. The smallest absolute Gasteiger partial charge is 0.252 e. The Labute approximate surface area is 152 Å². The van der Waals surface area contributed by atoms with Crippen molar-refractivity contribution < 1.29 is 9.53 Å². The maximum Gasteiger partial charge on any atom is 0.252 e. The zero-order chi connectivity index (χ0) is 18.4. The summed E-state index contributed by atoms with van der Waals surface area (Å²) in [7, 11) is 1.62. The summed E-state index contributed by atoms with van der Waals surface area (Å²) in [6.45, 7) is 0.414. The van der Waals surface area contributed by atoms with Gasteiger partial charge in [-0.1, -0.05) is 48.5 Å². The molecule has 0 fully saturated rings. The molecule has 0 atom stereocenters. The molecule has 4 nitrogen and oxygen atoms in total. The number of methoxy groups -OCH3 is 1. The molecule has 0 aromatic heterocycles. The third-order valence-electron chi connectivity index (χ3n) is 4.12. The summed E-state index contributed by atoms with van der Waals surface area (Å²) in [5, 5.41) is 12.3. The fraction of sp³-hybridized carbons (Fsp3) is 0.0909. The number of amides is 1. The molecule has 0 radical (unpaired) electrons. The molecule has 0 aliphatic rings. The van der Waals surface area contributed by atoms with Crippen LogP contribution in [0.5, 0.6) is 5.75 Å². The van der Waals surface area contributed by atoms with E-state index in [9.17, 15) is 10.1 Å². The second-order valence-corrected chi connectivity index (χ2v) is 5.73. The van der Waals surface area contributed by atoms with Gasteiger partial charge in [0.25, 0.3) is 5.91 Å². The zero-order valence-electron chi connectivity index (χ0n) is 14.4. The van der Waals surface area contributed by atoms with E-state index in [1.807, 2.05) is 60.7 Å². The quantitative estimate of drug-likeness (QED) is 0.757. The van der Waals surface area contributed by atoms with Gasteiger partial charge in [-0.15, -0.1) is 0 Å². The van der Waals surface area contributed by atoms with Crippen LogP contribution in [0.2, 0.25) is 0 Å². The van der Waals surface area contributed by atoms with Crippen LogP contribution in [-0.4, -0.2) is 13.0 Å². The number of carbonyl (C=O) groups excluding carboxylic acids is 1. The summed E-state index contributed by atoms with van der Waals surface area (Å²) in [6.07, 6.45) is 0. The second kappa shape index (κ2) is 8.00. The Balaban J connectivity index is 1.83. The van der Waals surface area contributed by atoms with E-state index >= 15 is 0 Å². The van der Waals surface area contributed by atoms with E-state index in [0.717, 1.165) is 22.4 Å². The Morgan fingerprint density at radius 2 is 1.62 bits per heavy atom. The summed E-state index contributed by atoms with van der Waals surface area (Å²) in [6, 6.07) is 24.3. The van der Waals surface area contributed by atoms with Gasteiger partial charge in [0.1, 0.15) is 5.75 Å². The molecule has 0 aliphatic carbocycles. The van der Waals surface area contributed by atoms with Crippen molar-refractivity contribution >= 4 is 5.91 Å². The maximum absolute atomic E-state index is 12.7.